The van der Waals surface area contributed by atoms with Gasteiger partial charge in [0.2, 0.25) is 0 Å². The molecule has 1 aromatic carbocycles. The Balaban J connectivity index is 2.41. The Morgan fingerprint density at radius 3 is 2.09 bits per heavy atom. The first-order valence-electron chi connectivity index (χ1n) is 7.51. The van der Waals surface area contributed by atoms with Crippen molar-refractivity contribution in [2.75, 3.05) is 6.54 Å². The van der Waals surface area contributed by atoms with Crippen LogP contribution in [0.2, 0.25) is 0 Å². The fourth-order valence-electron chi connectivity index (χ4n) is 2.49. The molecule has 1 saturated heterocycles. The zero-order valence-electron chi connectivity index (χ0n) is 13.8. The second-order valence-electron chi connectivity index (χ2n) is 6.99. The molecule has 1 heterocycles. The summed E-state index contributed by atoms with van der Waals surface area (Å²) < 4.78 is 0. The largest absolute Gasteiger partial charge is 0.506 e. The second-order valence-corrected chi connectivity index (χ2v) is 6.99. The van der Waals surface area contributed by atoms with Crippen molar-refractivity contribution < 1.29 is 14.7 Å². The Bertz CT molecular complexity index is 633. The zero-order valence-corrected chi connectivity index (χ0v) is 13.8. The monoisotopic (exact) mass is 301 g/mol. The number of hydrogen-bond donors (Lipinski definition) is 1. The highest BCUT2D eigenvalue weighted by Gasteiger charge is 2.41. The van der Waals surface area contributed by atoms with Crippen LogP contribution in [0.4, 0.5) is 0 Å². The number of likely N-dealkylation sites (tertiary alicyclic amines) is 1. The van der Waals surface area contributed by atoms with Crippen LogP contribution in [0.15, 0.2) is 29.8 Å². The predicted molar refractivity (Wildman–Crippen MR) is 86.6 cm³/mol. The van der Waals surface area contributed by atoms with Crippen LogP contribution in [-0.4, -0.2) is 33.8 Å². The molecule has 1 aromatic rings. The van der Waals surface area contributed by atoms with Gasteiger partial charge in [0.15, 0.2) is 5.78 Å². The van der Waals surface area contributed by atoms with E-state index in [1.165, 1.54) is 4.90 Å². The third-order valence-corrected chi connectivity index (χ3v) is 3.94. The van der Waals surface area contributed by atoms with Crippen LogP contribution < -0.4 is 0 Å². The van der Waals surface area contributed by atoms with Gasteiger partial charge in [0.05, 0.1) is 6.54 Å². The molecule has 4 nitrogen and oxygen atoms in total. The van der Waals surface area contributed by atoms with E-state index >= 15 is 0 Å². The summed E-state index contributed by atoms with van der Waals surface area (Å²) in [4.78, 5) is 26.1. The number of carbonyl (C=O) groups is 2. The maximum atomic E-state index is 12.4. The highest BCUT2D eigenvalue weighted by molar-refractivity contribution is 6.28. The summed E-state index contributed by atoms with van der Waals surface area (Å²) >= 11 is 0. The molecule has 0 unspecified atom stereocenters. The van der Waals surface area contributed by atoms with E-state index in [4.69, 9.17) is 0 Å². The quantitative estimate of drug-likeness (QED) is 0.518. The topological polar surface area (TPSA) is 57.6 Å². The minimum atomic E-state index is -0.448. The van der Waals surface area contributed by atoms with Gasteiger partial charge in [0.25, 0.3) is 5.91 Å². The number of ketones is 1. The van der Waals surface area contributed by atoms with Gasteiger partial charge in [-0.2, -0.15) is 0 Å². The highest BCUT2D eigenvalue weighted by Crippen LogP contribution is 2.28. The fraction of sp³-hybridized carbons (Fsp3) is 0.444. The smallest absolute Gasteiger partial charge is 0.262 e. The van der Waals surface area contributed by atoms with Crippen molar-refractivity contribution in [1.82, 2.24) is 4.90 Å². The van der Waals surface area contributed by atoms with Gasteiger partial charge in [-0.25, -0.2) is 0 Å². The van der Waals surface area contributed by atoms with Crippen LogP contribution >= 0.6 is 0 Å². The summed E-state index contributed by atoms with van der Waals surface area (Å²) in [5, 5.41) is 10.4. The molecule has 118 valence electrons. The van der Waals surface area contributed by atoms with Crippen LogP contribution in [0.3, 0.4) is 0 Å². The summed E-state index contributed by atoms with van der Waals surface area (Å²) in [5.41, 5.74) is 1.09. The van der Waals surface area contributed by atoms with Gasteiger partial charge in [-0.15, -0.1) is 0 Å². The van der Waals surface area contributed by atoms with E-state index in [0.717, 1.165) is 5.56 Å². The molecular formula is C18H23NO3. The van der Waals surface area contributed by atoms with Gasteiger partial charge in [0.1, 0.15) is 11.3 Å². The lowest BCUT2D eigenvalue weighted by Gasteiger charge is -2.30. The first-order chi connectivity index (χ1) is 10.1. The molecule has 1 aliphatic rings. The molecule has 1 aliphatic heterocycles. The first kappa shape index (κ1) is 16.3. The van der Waals surface area contributed by atoms with E-state index in [2.05, 4.69) is 13.8 Å². The molecule has 0 saturated carbocycles. The molecule has 1 N–H and O–H groups in total. The summed E-state index contributed by atoms with van der Waals surface area (Å²) in [6.07, 6.45) is 0. The lowest BCUT2D eigenvalue weighted by Crippen LogP contribution is -2.42. The second kappa shape index (κ2) is 5.59. The van der Waals surface area contributed by atoms with E-state index in [-0.39, 0.29) is 23.7 Å². The number of nitrogens with zero attached hydrogens (tertiary/aromatic N) is 1. The molecule has 0 bridgehead atoms. The minimum absolute atomic E-state index is 0.0196. The van der Waals surface area contributed by atoms with E-state index in [9.17, 15) is 14.7 Å². The molecule has 4 heteroatoms. The average Bonchev–Trinajstić information content (AvgIpc) is 2.73. The van der Waals surface area contributed by atoms with E-state index in [1.807, 2.05) is 32.9 Å². The Morgan fingerprint density at radius 2 is 1.68 bits per heavy atom. The normalized spacial score (nSPS) is 18.4. The van der Waals surface area contributed by atoms with Crippen molar-refractivity contribution in [3.8, 4) is 0 Å². The van der Waals surface area contributed by atoms with E-state index in [1.54, 1.807) is 12.1 Å². The predicted octanol–water partition coefficient (Wildman–Crippen LogP) is 3.29. The number of aliphatic hydroxyl groups is 1. The van der Waals surface area contributed by atoms with Crippen molar-refractivity contribution in [3.63, 3.8) is 0 Å². The van der Waals surface area contributed by atoms with Crippen LogP contribution in [0.5, 0.6) is 0 Å². The Hall–Kier alpha value is -2.10. The number of rotatable bonds is 2. The molecule has 0 aromatic heterocycles. The van der Waals surface area contributed by atoms with Gasteiger partial charge >= 0.3 is 0 Å². The maximum absolute atomic E-state index is 12.4. The number of carbonyl (C=O) groups excluding carboxylic acids is 2. The SMILES string of the molecule is CC(C)c1ccc(/C(O)=C2\C(=O)CN(C(C)(C)C)C2=O)cc1. The summed E-state index contributed by atoms with van der Waals surface area (Å²) in [6.45, 7) is 9.80. The molecule has 1 fully saturated rings. The minimum Gasteiger partial charge on any atom is -0.506 e. The number of hydrogen-bond acceptors (Lipinski definition) is 3. The standard InChI is InChI=1S/C18H23NO3/c1-11(2)12-6-8-13(9-7-12)16(21)15-14(20)10-19(17(15)22)18(3,4)5/h6-9,11,21H,10H2,1-5H3/b16-15-. The molecule has 2 rings (SSSR count). The third kappa shape index (κ3) is 2.91. The molecule has 1 amide bonds. The van der Waals surface area contributed by atoms with Crippen LogP contribution in [0, 0.1) is 0 Å². The van der Waals surface area contributed by atoms with Crippen molar-refractivity contribution in [3.05, 3.63) is 41.0 Å². The van der Waals surface area contributed by atoms with Gasteiger partial charge in [-0.05, 0) is 32.3 Å². The van der Waals surface area contributed by atoms with Gasteiger partial charge in [-0.3, -0.25) is 9.59 Å². The summed E-state index contributed by atoms with van der Waals surface area (Å²) in [6, 6.07) is 7.31. The molecule has 0 spiro atoms. The average molecular weight is 301 g/mol. The zero-order chi connectivity index (χ0) is 16.7. The van der Waals surface area contributed by atoms with E-state index in [0.29, 0.717) is 11.5 Å². The fourth-order valence-corrected chi connectivity index (χ4v) is 2.49. The molecule has 0 aliphatic carbocycles. The molecule has 22 heavy (non-hydrogen) atoms. The van der Waals surface area contributed by atoms with E-state index < -0.39 is 11.4 Å². The lowest BCUT2D eigenvalue weighted by molar-refractivity contribution is -0.129. The Kier molecular flexibility index (Phi) is 4.14. The van der Waals surface area contributed by atoms with Crippen molar-refractivity contribution in [2.45, 2.75) is 46.1 Å². The Morgan fingerprint density at radius 1 is 1.14 bits per heavy atom. The highest BCUT2D eigenvalue weighted by atomic mass is 16.3. The number of aliphatic hydroxyl groups excluding tert-OH is 1. The van der Waals surface area contributed by atoms with Crippen molar-refractivity contribution in [2.24, 2.45) is 0 Å². The van der Waals surface area contributed by atoms with Crippen LogP contribution in [0.1, 0.15) is 51.7 Å². The third-order valence-electron chi connectivity index (χ3n) is 3.94. The summed E-state index contributed by atoms with van der Waals surface area (Å²) in [7, 11) is 0. The number of benzene rings is 1. The van der Waals surface area contributed by atoms with Gasteiger partial charge in [-0.1, -0.05) is 38.1 Å². The summed E-state index contributed by atoms with van der Waals surface area (Å²) in [5.74, 6) is -0.569. The lowest BCUT2D eigenvalue weighted by atomic mass is 9.99. The molecular weight excluding hydrogens is 278 g/mol. The number of amides is 1. The Labute approximate surface area is 131 Å². The first-order valence-corrected chi connectivity index (χ1v) is 7.51. The molecule has 0 atom stereocenters. The maximum Gasteiger partial charge on any atom is 0.262 e. The van der Waals surface area contributed by atoms with Gasteiger partial charge < -0.3 is 10.0 Å². The van der Waals surface area contributed by atoms with Crippen molar-refractivity contribution in [1.29, 1.82) is 0 Å². The van der Waals surface area contributed by atoms with Crippen LogP contribution in [-0.2, 0) is 9.59 Å². The van der Waals surface area contributed by atoms with Gasteiger partial charge in [0, 0.05) is 11.1 Å². The van der Waals surface area contributed by atoms with Crippen LogP contribution in [0.25, 0.3) is 5.76 Å². The molecule has 0 radical (unpaired) electrons. The van der Waals surface area contributed by atoms with Crippen molar-refractivity contribution >= 4 is 17.4 Å². The number of Topliss-reactive ketones (excluding diaryl/α,β-unsaturated/α-hetero) is 1.